The molecule has 9 N–H and O–H groups in total. The van der Waals surface area contributed by atoms with Gasteiger partial charge < -0.3 is 61.9 Å². The minimum absolute atomic E-state index is 0.0369. The lowest BCUT2D eigenvalue weighted by molar-refractivity contribution is -0.143. The van der Waals surface area contributed by atoms with Gasteiger partial charge in [-0.25, -0.2) is 4.79 Å². The number of para-hydroxylation sites is 1. The van der Waals surface area contributed by atoms with Crippen LogP contribution in [-0.2, 0) is 65.8 Å². The molecule has 3 saturated heterocycles. The summed E-state index contributed by atoms with van der Waals surface area (Å²) in [5.74, 6) is -4.18. The maximum Gasteiger partial charge on any atom is 0.407 e. The average Bonchev–Trinajstić information content (AvgIpc) is 4.11. The molecule has 0 unspecified atom stereocenters. The Hall–Kier alpha value is -8.46. The summed E-state index contributed by atoms with van der Waals surface area (Å²) in [6.45, 7) is 3.00. The predicted molar refractivity (Wildman–Crippen MR) is 303 cm³/mol. The van der Waals surface area contributed by atoms with E-state index in [9.17, 15) is 4.79 Å². The van der Waals surface area contributed by atoms with Crippen molar-refractivity contribution < 1.29 is 43.0 Å². The zero-order chi connectivity index (χ0) is 56.5. The number of H-pyrrole nitrogens is 1. The van der Waals surface area contributed by atoms with Crippen LogP contribution in [0.2, 0.25) is 0 Å². The number of pyridine rings is 1. The number of nitrogens with two attached hydrogens (primary N) is 1. The van der Waals surface area contributed by atoms with Crippen LogP contribution in [0.25, 0.3) is 10.9 Å². The first-order valence-electron chi connectivity index (χ1n) is 27.8. The van der Waals surface area contributed by atoms with Crippen LogP contribution in [0.15, 0.2) is 140 Å². The highest BCUT2D eigenvalue weighted by molar-refractivity contribution is 5.99. The van der Waals surface area contributed by atoms with Crippen LogP contribution in [0.3, 0.4) is 0 Å². The fraction of sp³-hybridized carbons (Fsp3) is 0.377. The smallest absolute Gasteiger partial charge is 0.407 e. The van der Waals surface area contributed by atoms with Gasteiger partial charge in [0.25, 0.3) is 0 Å². The van der Waals surface area contributed by atoms with Crippen LogP contribution in [-0.4, -0.2) is 150 Å². The van der Waals surface area contributed by atoms with Crippen molar-refractivity contribution >= 4 is 52.3 Å². The molecule has 6 aromatic rings. The molecule has 5 heterocycles. The van der Waals surface area contributed by atoms with Gasteiger partial charge in [-0.15, -0.1) is 0 Å². The van der Waals surface area contributed by atoms with Crippen LogP contribution in [0, 0.1) is 5.92 Å². The molecule has 0 spiro atoms. The summed E-state index contributed by atoms with van der Waals surface area (Å²) in [5.41, 5.74) is 10.3. The molecule has 6 amide bonds. The molecule has 3 fully saturated rings. The van der Waals surface area contributed by atoms with E-state index in [0.717, 1.165) is 27.6 Å². The molecule has 4 aromatic carbocycles. The number of rotatable bonds is 17. The van der Waals surface area contributed by atoms with E-state index < -0.39 is 83.6 Å². The molecule has 0 saturated carbocycles. The van der Waals surface area contributed by atoms with Gasteiger partial charge in [-0.3, -0.25) is 33.8 Å². The minimum atomic E-state index is -1.35. The summed E-state index contributed by atoms with van der Waals surface area (Å²) < 4.78 is 11.8. The van der Waals surface area contributed by atoms with E-state index in [1.54, 1.807) is 55.0 Å². The highest BCUT2D eigenvalue weighted by atomic mass is 16.6. The SMILES string of the molecule is NCCNC(=O)O[C@@H]1C[C@H]2C(=O)N[C@@H](CCc3ccccc3)C(=O)N[C@H](Cc3c[nH]c4ccccc34)C(=O)C[C@@H](CN3CCNCC3)C(=O)N[C@@H](Cc3ccc(OCc4ccccc4)cc3)C(=O)N[C@@H](Cc3cccnc3)C(=O)N2C1. The van der Waals surface area contributed by atoms with Gasteiger partial charge in [-0.1, -0.05) is 97.1 Å². The van der Waals surface area contributed by atoms with E-state index in [-0.39, 0.29) is 64.7 Å². The fourth-order valence-corrected chi connectivity index (χ4v) is 10.7. The second-order valence-electron chi connectivity index (χ2n) is 20.9. The zero-order valence-electron chi connectivity index (χ0n) is 45.2. The maximum atomic E-state index is 15.4. The Morgan fingerprint density at radius 2 is 1.35 bits per heavy atom. The first-order chi connectivity index (χ1) is 39.5. The first kappa shape index (κ1) is 57.2. The molecule has 3 aliphatic heterocycles. The second-order valence-corrected chi connectivity index (χ2v) is 20.9. The van der Waals surface area contributed by atoms with Crippen molar-refractivity contribution in [2.24, 2.45) is 11.7 Å². The second kappa shape index (κ2) is 28.1. The van der Waals surface area contributed by atoms with Crippen molar-refractivity contribution in [3.63, 3.8) is 0 Å². The van der Waals surface area contributed by atoms with E-state index in [0.29, 0.717) is 56.1 Å². The first-order valence-corrected chi connectivity index (χ1v) is 27.8. The predicted octanol–water partition coefficient (Wildman–Crippen LogP) is 2.89. The van der Waals surface area contributed by atoms with Gasteiger partial charge in [0.15, 0.2) is 5.78 Å². The Morgan fingerprint density at radius 1 is 0.679 bits per heavy atom. The van der Waals surface area contributed by atoms with E-state index in [4.69, 9.17) is 15.2 Å². The number of aromatic nitrogens is 2. The third kappa shape index (κ3) is 15.9. The molecule has 20 nitrogen and oxygen atoms in total. The Kier molecular flexibility index (Phi) is 19.9. The third-order valence-electron chi connectivity index (χ3n) is 15.1. The average molecular weight is 1100 g/mol. The topological polar surface area (TPSA) is 271 Å². The van der Waals surface area contributed by atoms with Crippen molar-refractivity contribution in [3.05, 3.63) is 168 Å². The van der Waals surface area contributed by atoms with Gasteiger partial charge in [0, 0.05) is 107 Å². The van der Waals surface area contributed by atoms with Crippen molar-refractivity contribution in [2.45, 2.75) is 87.9 Å². The molecule has 0 radical (unpaired) electrons. The number of aromatic amines is 1. The quantitative estimate of drug-likeness (QED) is 0.0654. The number of nitrogens with one attached hydrogen (secondary N) is 7. The Morgan fingerprint density at radius 3 is 2.09 bits per heavy atom. The van der Waals surface area contributed by atoms with E-state index >= 15 is 28.8 Å². The number of hydrogen-bond acceptors (Lipinski definition) is 13. The number of fused-ring (bicyclic) bond motifs is 2. The maximum absolute atomic E-state index is 15.4. The Labute approximate surface area is 470 Å². The van der Waals surface area contributed by atoms with E-state index in [2.05, 4.69) is 46.8 Å². The molecule has 81 heavy (non-hydrogen) atoms. The zero-order valence-corrected chi connectivity index (χ0v) is 45.2. The Balaban J connectivity index is 1.10. The highest BCUT2D eigenvalue weighted by Gasteiger charge is 2.45. The summed E-state index contributed by atoms with van der Waals surface area (Å²) in [7, 11) is 0. The van der Waals surface area contributed by atoms with Gasteiger partial charge in [-0.05, 0) is 64.9 Å². The van der Waals surface area contributed by atoms with Gasteiger partial charge in [-0.2, -0.15) is 0 Å². The number of nitrogens with zero attached hydrogens (tertiary/aromatic N) is 3. The fourth-order valence-electron chi connectivity index (χ4n) is 10.7. The lowest BCUT2D eigenvalue weighted by atomic mass is 9.92. The number of Topliss-reactive ketones (excluding diaryl/α,β-unsaturated/α-hetero) is 1. The highest BCUT2D eigenvalue weighted by Crippen LogP contribution is 2.26. The molecule has 3 aliphatic rings. The van der Waals surface area contributed by atoms with E-state index in [1.165, 1.54) is 4.90 Å². The number of hydrogen-bond donors (Lipinski definition) is 8. The number of benzene rings is 4. The molecule has 20 heteroatoms. The summed E-state index contributed by atoms with van der Waals surface area (Å²) in [4.78, 5) is 115. The number of alkyl carbamates (subject to hydrolysis) is 1. The lowest BCUT2D eigenvalue weighted by Gasteiger charge is -2.33. The molecule has 0 bridgehead atoms. The van der Waals surface area contributed by atoms with Gasteiger partial charge in [0.2, 0.25) is 29.5 Å². The van der Waals surface area contributed by atoms with Crippen LogP contribution < -0.4 is 42.4 Å². The molecule has 424 valence electrons. The van der Waals surface area contributed by atoms with Crippen molar-refractivity contribution in [1.82, 2.24) is 51.7 Å². The number of carbonyl (C=O) groups is 7. The third-order valence-corrected chi connectivity index (χ3v) is 15.1. The van der Waals surface area contributed by atoms with Gasteiger partial charge in [0.05, 0.1) is 18.5 Å². The number of amides is 6. The molecular weight excluding hydrogens is 1030 g/mol. The van der Waals surface area contributed by atoms with Crippen LogP contribution in [0.4, 0.5) is 4.79 Å². The van der Waals surface area contributed by atoms with Crippen molar-refractivity contribution in [2.75, 3.05) is 52.4 Å². The minimum Gasteiger partial charge on any atom is -0.489 e. The van der Waals surface area contributed by atoms with Crippen molar-refractivity contribution in [3.8, 4) is 5.75 Å². The van der Waals surface area contributed by atoms with Crippen LogP contribution in [0.5, 0.6) is 5.75 Å². The monoisotopic (exact) mass is 1100 g/mol. The van der Waals surface area contributed by atoms with Gasteiger partial charge in [0.1, 0.15) is 42.6 Å². The summed E-state index contributed by atoms with van der Waals surface area (Å²) in [6, 6.07) is 31.0. The number of piperazine rings is 1. The molecule has 2 aromatic heterocycles. The summed E-state index contributed by atoms with van der Waals surface area (Å²) in [6.07, 6.45) is 3.02. The van der Waals surface area contributed by atoms with Crippen LogP contribution in [0.1, 0.15) is 47.1 Å². The van der Waals surface area contributed by atoms with E-state index in [1.807, 2.05) is 84.9 Å². The van der Waals surface area contributed by atoms with Gasteiger partial charge >= 0.3 is 6.09 Å². The molecule has 7 atom stereocenters. The number of carbonyl (C=O) groups excluding carboxylic acids is 7. The number of ether oxygens (including phenoxy) is 2. The Bertz CT molecular complexity index is 3090. The summed E-state index contributed by atoms with van der Waals surface area (Å²) in [5, 5.41) is 18.7. The van der Waals surface area contributed by atoms with Crippen LogP contribution >= 0.6 is 0 Å². The molecular formula is C61H71N11O9. The summed E-state index contributed by atoms with van der Waals surface area (Å²) >= 11 is 0. The van der Waals surface area contributed by atoms with Crippen molar-refractivity contribution in [1.29, 1.82) is 0 Å². The number of aryl methyl sites for hydroxylation is 1. The molecule has 0 aliphatic carbocycles. The lowest BCUT2D eigenvalue weighted by Crippen LogP contribution is -2.60. The standard InChI is InChI=1S/C61H71N11O9/c62-23-25-65-61(79)81-47-34-54-59(77)67-50(22-19-40-10-3-1-4-11-40)57(75)68-51(32-44-36-66-49-16-8-7-15-48(44)49)55(73)33-45(37-71-28-26-63-27-29-71)56(74)69-52(30-41-17-20-46(21-18-41)80-39-42-12-5-2-6-13-42)58(76)70-53(60(78)72(54)38-47)31-43-14-9-24-64-35-43/h1-18,20-21,24,35-36,45,47,50-54,63,66H,19,22-23,25-34,37-39,62H2,(H,65,79)(H,67,77)(H,68,75)(H,69,74)(H,70,76)/t45-,47+,50-,51+,52-,53-,54-/m0/s1. The molecule has 9 rings (SSSR count). The largest absolute Gasteiger partial charge is 0.489 e. The number of ketones is 1. The normalized spacial score (nSPS) is 22.6.